The van der Waals surface area contributed by atoms with Crippen LogP contribution in [0.5, 0.6) is 11.5 Å². The lowest BCUT2D eigenvalue weighted by molar-refractivity contribution is 0.272. The smallest absolute Gasteiger partial charge is 0.171 e. The maximum atomic E-state index is 14.0. The van der Waals surface area contributed by atoms with E-state index in [0.717, 1.165) is 19.3 Å². The average molecular weight is 257 g/mol. The van der Waals surface area contributed by atoms with Crippen molar-refractivity contribution in [3.05, 3.63) is 23.3 Å². The Balaban J connectivity index is 2.61. The van der Waals surface area contributed by atoms with Crippen LogP contribution < -0.4 is 5.73 Å². The Morgan fingerprint density at radius 1 is 1.06 bits per heavy atom. The topological polar surface area (TPSA) is 66.5 Å². The highest BCUT2D eigenvalue weighted by Crippen LogP contribution is 2.44. The highest BCUT2D eigenvalue weighted by Gasteiger charge is 2.39. The summed E-state index contributed by atoms with van der Waals surface area (Å²) in [5, 5.41) is 18.8. The zero-order valence-corrected chi connectivity index (χ0v) is 10.0. The highest BCUT2D eigenvalue weighted by molar-refractivity contribution is 5.44. The van der Waals surface area contributed by atoms with Crippen LogP contribution in [0.1, 0.15) is 37.7 Å². The lowest BCUT2D eigenvalue weighted by Crippen LogP contribution is -2.38. The fourth-order valence-electron chi connectivity index (χ4n) is 2.86. The second-order valence-electron chi connectivity index (χ2n) is 4.96. The molecule has 1 aromatic carbocycles. The van der Waals surface area contributed by atoms with E-state index in [4.69, 9.17) is 5.73 Å². The Bertz CT molecular complexity index is 431. The number of phenols is 2. The van der Waals surface area contributed by atoms with Gasteiger partial charge < -0.3 is 15.9 Å². The monoisotopic (exact) mass is 257 g/mol. The minimum atomic E-state index is -1.00. The Hall–Kier alpha value is -1.36. The minimum Gasteiger partial charge on any atom is -0.505 e. The first-order valence-electron chi connectivity index (χ1n) is 6.12. The van der Waals surface area contributed by atoms with Crippen molar-refractivity contribution in [2.45, 2.75) is 37.5 Å². The Morgan fingerprint density at radius 3 is 2.00 bits per heavy atom. The van der Waals surface area contributed by atoms with E-state index < -0.39 is 28.5 Å². The second kappa shape index (κ2) is 4.72. The molecule has 0 saturated heterocycles. The van der Waals surface area contributed by atoms with Crippen LogP contribution in [0.4, 0.5) is 8.78 Å². The van der Waals surface area contributed by atoms with E-state index in [1.54, 1.807) is 0 Å². The summed E-state index contributed by atoms with van der Waals surface area (Å²) in [7, 11) is 0. The molecule has 18 heavy (non-hydrogen) atoms. The molecule has 0 unspecified atom stereocenters. The molecule has 5 heteroatoms. The molecule has 2 rings (SSSR count). The summed E-state index contributed by atoms with van der Waals surface area (Å²) in [4.78, 5) is 0. The molecule has 3 nitrogen and oxygen atoms in total. The fourth-order valence-corrected chi connectivity index (χ4v) is 2.86. The van der Waals surface area contributed by atoms with Gasteiger partial charge in [0.25, 0.3) is 0 Å². The van der Waals surface area contributed by atoms with Crippen molar-refractivity contribution in [3.8, 4) is 11.5 Å². The Kier molecular flexibility index (Phi) is 3.43. The van der Waals surface area contributed by atoms with Gasteiger partial charge in [-0.05, 0) is 12.8 Å². The van der Waals surface area contributed by atoms with E-state index in [1.807, 2.05) is 0 Å². The normalized spacial score (nSPS) is 18.8. The van der Waals surface area contributed by atoms with Crippen LogP contribution >= 0.6 is 0 Å². The van der Waals surface area contributed by atoms with Gasteiger partial charge in [0.05, 0.1) is 0 Å². The van der Waals surface area contributed by atoms with E-state index in [-0.39, 0.29) is 12.1 Å². The fraction of sp³-hybridized carbons (Fsp3) is 0.538. The number of rotatable bonds is 2. The van der Waals surface area contributed by atoms with E-state index in [0.29, 0.717) is 18.9 Å². The number of hydrogen-bond donors (Lipinski definition) is 3. The summed E-state index contributed by atoms with van der Waals surface area (Å²) in [6.07, 6.45) is 3.83. The predicted molar refractivity (Wildman–Crippen MR) is 63.5 cm³/mol. The van der Waals surface area contributed by atoms with Gasteiger partial charge in [-0.3, -0.25) is 0 Å². The van der Waals surface area contributed by atoms with Gasteiger partial charge in [0.15, 0.2) is 23.1 Å². The van der Waals surface area contributed by atoms with Gasteiger partial charge in [-0.15, -0.1) is 0 Å². The van der Waals surface area contributed by atoms with Gasteiger partial charge in [0.1, 0.15) is 0 Å². The van der Waals surface area contributed by atoms with Crippen LogP contribution in [0.15, 0.2) is 6.07 Å². The van der Waals surface area contributed by atoms with Crippen LogP contribution in [0.25, 0.3) is 0 Å². The molecule has 0 atom stereocenters. The van der Waals surface area contributed by atoms with Crippen LogP contribution in [0.3, 0.4) is 0 Å². The third-order valence-electron chi connectivity index (χ3n) is 3.89. The van der Waals surface area contributed by atoms with Crippen molar-refractivity contribution in [3.63, 3.8) is 0 Å². The molecule has 100 valence electrons. The summed E-state index contributed by atoms with van der Waals surface area (Å²) in [5.74, 6) is -3.47. The van der Waals surface area contributed by atoms with E-state index >= 15 is 0 Å². The molecule has 0 amide bonds. The number of nitrogens with two attached hydrogens (primary N) is 1. The highest BCUT2D eigenvalue weighted by atomic mass is 19.1. The van der Waals surface area contributed by atoms with Gasteiger partial charge in [0, 0.05) is 23.6 Å². The van der Waals surface area contributed by atoms with Gasteiger partial charge in [-0.25, -0.2) is 8.78 Å². The molecular weight excluding hydrogens is 240 g/mol. The summed E-state index contributed by atoms with van der Waals surface area (Å²) >= 11 is 0. The maximum absolute atomic E-state index is 14.0. The van der Waals surface area contributed by atoms with Crippen LogP contribution in [0.2, 0.25) is 0 Å². The van der Waals surface area contributed by atoms with Crippen LogP contribution in [-0.2, 0) is 5.41 Å². The van der Waals surface area contributed by atoms with Crippen molar-refractivity contribution < 1.29 is 19.0 Å². The van der Waals surface area contributed by atoms with Crippen molar-refractivity contribution in [1.82, 2.24) is 0 Å². The van der Waals surface area contributed by atoms with Gasteiger partial charge in [-0.2, -0.15) is 0 Å². The molecule has 0 heterocycles. The molecule has 0 aliphatic heterocycles. The first-order chi connectivity index (χ1) is 8.52. The lowest BCUT2D eigenvalue weighted by Gasteiger charge is -2.37. The standard InChI is InChI=1S/C13H17F2NO2/c14-11-8(17)6-9(18)12(15)10(11)13(7-16)4-2-1-3-5-13/h6,17-18H,1-5,7,16H2. The van der Waals surface area contributed by atoms with Gasteiger partial charge in [0.2, 0.25) is 0 Å². The number of aromatic hydroxyl groups is 2. The van der Waals surface area contributed by atoms with E-state index in [2.05, 4.69) is 0 Å². The molecule has 1 fully saturated rings. The zero-order valence-electron chi connectivity index (χ0n) is 10.0. The molecule has 1 saturated carbocycles. The Labute approximate surface area is 104 Å². The maximum Gasteiger partial charge on any atom is 0.171 e. The quantitative estimate of drug-likeness (QED) is 0.762. The molecule has 1 aliphatic rings. The number of halogens is 2. The van der Waals surface area contributed by atoms with Crippen LogP contribution in [-0.4, -0.2) is 16.8 Å². The molecule has 0 spiro atoms. The van der Waals surface area contributed by atoms with Crippen molar-refractivity contribution >= 4 is 0 Å². The third-order valence-corrected chi connectivity index (χ3v) is 3.89. The molecule has 0 aromatic heterocycles. The zero-order chi connectivity index (χ0) is 13.3. The molecule has 1 aromatic rings. The first kappa shape index (κ1) is 13.1. The van der Waals surface area contributed by atoms with E-state index in [1.165, 1.54) is 0 Å². The average Bonchev–Trinajstić information content (AvgIpc) is 2.38. The second-order valence-corrected chi connectivity index (χ2v) is 4.96. The van der Waals surface area contributed by atoms with Crippen molar-refractivity contribution in [2.24, 2.45) is 5.73 Å². The third kappa shape index (κ3) is 1.92. The number of benzene rings is 1. The Morgan fingerprint density at radius 2 is 1.56 bits per heavy atom. The predicted octanol–water partition coefficient (Wildman–Crippen LogP) is 2.54. The molecule has 0 radical (unpaired) electrons. The summed E-state index contributed by atoms with van der Waals surface area (Å²) in [5.41, 5.74) is 4.63. The molecular formula is C13H17F2NO2. The SMILES string of the molecule is NCC1(c2c(F)c(O)cc(O)c2F)CCCCC1. The molecule has 1 aliphatic carbocycles. The summed E-state index contributed by atoms with van der Waals surface area (Å²) < 4.78 is 28.0. The molecule has 0 bridgehead atoms. The van der Waals surface area contributed by atoms with Crippen molar-refractivity contribution in [2.75, 3.05) is 6.54 Å². The molecule has 4 N–H and O–H groups in total. The van der Waals surface area contributed by atoms with Gasteiger partial charge >= 0.3 is 0 Å². The largest absolute Gasteiger partial charge is 0.505 e. The van der Waals surface area contributed by atoms with Gasteiger partial charge in [-0.1, -0.05) is 19.3 Å². The number of phenolic OH excluding ortho intramolecular Hbond substituents is 2. The first-order valence-corrected chi connectivity index (χ1v) is 6.12. The van der Waals surface area contributed by atoms with Crippen LogP contribution in [0, 0.1) is 11.6 Å². The van der Waals surface area contributed by atoms with Crippen molar-refractivity contribution in [1.29, 1.82) is 0 Å². The number of hydrogen-bond acceptors (Lipinski definition) is 3. The summed E-state index contributed by atoms with van der Waals surface area (Å²) in [6, 6.07) is 0.682. The minimum absolute atomic E-state index is 0.101. The van der Waals surface area contributed by atoms with E-state index in [9.17, 15) is 19.0 Å². The summed E-state index contributed by atoms with van der Waals surface area (Å²) in [6.45, 7) is 0.101. The lowest BCUT2D eigenvalue weighted by atomic mass is 9.69.